The number of rotatable bonds is 4. The van der Waals surface area contributed by atoms with E-state index in [1.807, 2.05) is 11.4 Å². The zero-order valence-corrected chi connectivity index (χ0v) is 11.9. The molecule has 0 saturated heterocycles. The van der Waals surface area contributed by atoms with E-state index in [1.165, 1.54) is 16.2 Å². The summed E-state index contributed by atoms with van der Waals surface area (Å²) in [5, 5.41) is 5.34. The first-order valence-corrected chi connectivity index (χ1v) is 7.32. The van der Waals surface area contributed by atoms with Gasteiger partial charge in [0.2, 0.25) is 5.91 Å². The predicted molar refractivity (Wildman–Crippen MR) is 77.1 cm³/mol. The summed E-state index contributed by atoms with van der Waals surface area (Å²) in [6.07, 6.45) is 0.313. The van der Waals surface area contributed by atoms with Crippen LogP contribution in [0.25, 0.3) is 10.6 Å². The molecule has 18 heavy (non-hydrogen) atoms. The summed E-state index contributed by atoms with van der Waals surface area (Å²) in [6.45, 7) is 3.87. The average molecular weight is 281 g/mol. The molecule has 6 heteroatoms. The number of amides is 1. The number of hydrogen-bond donors (Lipinski definition) is 2. The minimum absolute atomic E-state index is 0.0896. The van der Waals surface area contributed by atoms with Gasteiger partial charge in [-0.15, -0.1) is 22.7 Å². The molecule has 0 spiro atoms. The summed E-state index contributed by atoms with van der Waals surface area (Å²) in [4.78, 5) is 18.3. The summed E-state index contributed by atoms with van der Waals surface area (Å²) in [6, 6.07) is 3.97. The normalized spacial score (nSPS) is 12.4. The SMILES string of the molecule is Cc1ccc(-c2csc(NC(=O)CC(C)N)n2)s1. The van der Waals surface area contributed by atoms with Crippen LogP contribution in [0.4, 0.5) is 5.13 Å². The number of hydrogen-bond acceptors (Lipinski definition) is 5. The monoisotopic (exact) mass is 281 g/mol. The van der Waals surface area contributed by atoms with E-state index in [9.17, 15) is 4.79 Å². The number of nitrogens with zero attached hydrogens (tertiary/aromatic N) is 1. The lowest BCUT2D eigenvalue weighted by Gasteiger charge is -2.03. The summed E-state index contributed by atoms with van der Waals surface area (Å²) < 4.78 is 0. The third-order valence-electron chi connectivity index (χ3n) is 2.25. The third kappa shape index (κ3) is 3.38. The van der Waals surface area contributed by atoms with Crippen molar-refractivity contribution >= 4 is 33.7 Å². The van der Waals surface area contributed by atoms with Crippen molar-refractivity contribution in [1.29, 1.82) is 0 Å². The van der Waals surface area contributed by atoms with Crippen LogP contribution in [-0.2, 0) is 4.79 Å². The highest BCUT2D eigenvalue weighted by atomic mass is 32.1. The molecular formula is C12H15N3OS2. The zero-order valence-electron chi connectivity index (χ0n) is 10.3. The van der Waals surface area contributed by atoms with Gasteiger partial charge >= 0.3 is 0 Å². The van der Waals surface area contributed by atoms with Crippen LogP contribution in [0.1, 0.15) is 18.2 Å². The lowest BCUT2D eigenvalue weighted by molar-refractivity contribution is -0.116. The number of carbonyl (C=O) groups excluding carboxylic acids is 1. The Balaban J connectivity index is 2.04. The van der Waals surface area contributed by atoms with E-state index in [0.717, 1.165) is 10.6 Å². The van der Waals surface area contributed by atoms with Crippen LogP contribution in [0.15, 0.2) is 17.5 Å². The quantitative estimate of drug-likeness (QED) is 0.905. The van der Waals surface area contributed by atoms with Crippen LogP contribution in [0.5, 0.6) is 0 Å². The van der Waals surface area contributed by atoms with Crippen molar-refractivity contribution < 1.29 is 4.79 Å². The molecule has 0 aliphatic carbocycles. The van der Waals surface area contributed by atoms with Crippen molar-refractivity contribution in [2.24, 2.45) is 5.73 Å². The lowest BCUT2D eigenvalue weighted by Crippen LogP contribution is -2.23. The number of aryl methyl sites for hydroxylation is 1. The van der Waals surface area contributed by atoms with Crippen LogP contribution in [0, 0.1) is 6.92 Å². The number of thiazole rings is 1. The van der Waals surface area contributed by atoms with Gasteiger partial charge in [0, 0.05) is 22.7 Å². The van der Waals surface area contributed by atoms with Crippen LogP contribution in [-0.4, -0.2) is 16.9 Å². The van der Waals surface area contributed by atoms with Gasteiger partial charge in [-0.2, -0.15) is 0 Å². The first-order valence-electron chi connectivity index (χ1n) is 5.62. The van der Waals surface area contributed by atoms with E-state index in [-0.39, 0.29) is 11.9 Å². The highest BCUT2D eigenvalue weighted by molar-refractivity contribution is 7.17. The maximum atomic E-state index is 11.6. The van der Waals surface area contributed by atoms with Gasteiger partial charge in [0.15, 0.2) is 5.13 Å². The Bertz CT molecular complexity index is 545. The van der Waals surface area contributed by atoms with E-state index in [2.05, 4.69) is 23.3 Å². The molecule has 0 fully saturated rings. The fourth-order valence-corrected chi connectivity index (χ4v) is 3.11. The van der Waals surface area contributed by atoms with Crippen molar-refractivity contribution in [3.05, 3.63) is 22.4 Å². The maximum absolute atomic E-state index is 11.6. The minimum Gasteiger partial charge on any atom is -0.327 e. The van der Waals surface area contributed by atoms with Crippen LogP contribution in [0.2, 0.25) is 0 Å². The second-order valence-corrected chi connectivity index (χ2v) is 6.32. The first-order chi connectivity index (χ1) is 8.54. The Hall–Kier alpha value is -1.24. The van der Waals surface area contributed by atoms with E-state index < -0.39 is 0 Å². The molecule has 0 saturated carbocycles. The summed E-state index contributed by atoms with van der Waals surface area (Å²) in [7, 11) is 0. The predicted octanol–water partition coefficient (Wildman–Crippen LogP) is 2.86. The van der Waals surface area contributed by atoms with E-state index >= 15 is 0 Å². The van der Waals surface area contributed by atoms with Crippen LogP contribution >= 0.6 is 22.7 Å². The van der Waals surface area contributed by atoms with E-state index in [0.29, 0.717) is 11.6 Å². The molecule has 0 aliphatic rings. The van der Waals surface area contributed by atoms with Gasteiger partial charge in [0.1, 0.15) is 0 Å². The molecule has 0 aromatic carbocycles. The highest BCUT2D eigenvalue weighted by Gasteiger charge is 2.10. The molecule has 2 aromatic rings. The van der Waals surface area contributed by atoms with Gasteiger partial charge in [-0.25, -0.2) is 4.98 Å². The van der Waals surface area contributed by atoms with Crippen molar-refractivity contribution in [2.45, 2.75) is 26.3 Å². The number of thiophene rings is 1. The van der Waals surface area contributed by atoms with Crippen molar-refractivity contribution in [1.82, 2.24) is 4.98 Å². The molecule has 1 amide bonds. The topological polar surface area (TPSA) is 68.0 Å². The molecule has 96 valence electrons. The minimum atomic E-state index is -0.135. The second-order valence-electron chi connectivity index (χ2n) is 4.18. The number of anilines is 1. The largest absolute Gasteiger partial charge is 0.327 e. The summed E-state index contributed by atoms with van der Waals surface area (Å²) in [5.74, 6) is -0.0896. The number of aromatic nitrogens is 1. The fraction of sp³-hybridized carbons (Fsp3) is 0.333. The van der Waals surface area contributed by atoms with Crippen molar-refractivity contribution in [3.8, 4) is 10.6 Å². The number of nitrogens with two attached hydrogens (primary N) is 1. The molecule has 3 N–H and O–H groups in total. The van der Waals surface area contributed by atoms with Crippen molar-refractivity contribution in [3.63, 3.8) is 0 Å². The maximum Gasteiger partial charge on any atom is 0.227 e. The van der Waals surface area contributed by atoms with Gasteiger partial charge in [-0.05, 0) is 26.0 Å². The van der Waals surface area contributed by atoms with Crippen molar-refractivity contribution in [2.75, 3.05) is 5.32 Å². The fourth-order valence-electron chi connectivity index (χ4n) is 1.48. The van der Waals surface area contributed by atoms with Gasteiger partial charge in [-0.3, -0.25) is 4.79 Å². The first kappa shape index (κ1) is 13.2. The van der Waals surface area contributed by atoms with E-state index in [1.54, 1.807) is 18.3 Å². The Morgan fingerprint density at radius 3 is 2.94 bits per heavy atom. The third-order valence-corrected chi connectivity index (χ3v) is 4.03. The number of carbonyl (C=O) groups is 1. The molecule has 1 unspecified atom stereocenters. The van der Waals surface area contributed by atoms with Crippen LogP contribution < -0.4 is 11.1 Å². The molecule has 2 rings (SSSR count). The Kier molecular flexibility index (Phi) is 4.11. The average Bonchev–Trinajstić information content (AvgIpc) is 2.85. The molecule has 4 nitrogen and oxygen atoms in total. The molecule has 2 aromatic heterocycles. The highest BCUT2D eigenvalue weighted by Crippen LogP contribution is 2.30. The molecule has 0 aliphatic heterocycles. The summed E-state index contributed by atoms with van der Waals surface area (Å²) in [5.41, 5.74) is 6.48. The van der Waals surface area contributed by atoms with Gasteiger partial charge in [0.05, 0.1) is 10.6 Å². The molecule has 0 radical (unpaired) electrons. The molecular weight excluding hydrogens is 266 g/mol. The standard InChI is InChI=1S/C12H15N3OS2/c1-7(13)5-11(16)15-12-14-9(6-17-12)10-4-3-8(2)18-10/h3-4,6-7H,5,13H2,1-2H3,(H,14,15,16). The zero-order chi connectivity index (χ0) is 13.1. The van der Waals surface area contributed by atoms with Gasteiger partial charge < -0.3 is 11.1 Å². The Morgan fingerprint density at radius 1 is 1.56 bits per heavy atom. The number of nitrogens with one attached hydrogen (secondary N) is 1. The summed E-state index contributed by atoms with van der Waals surface area (Å²) >= 11 is 3.13. The molecule has 0 bridgehead atoms. The Morgan fingerprint density at radius 2 is 2.33 bits per heavy atom. The van der Waals surface area contributed by atoms with E-state index in [4.69, 9.17) is 5.73 Å². The van der Waals surface area contributed by atoms with Gasteiger partial charge in [-0.1, -0.05) is 0 Å². The molecule has 2 heterocycles. The lowest BCUT2D eigenvalue weighted by atomic mass is 10.2. The smallest absolute Gasteiger partial charge is 0.227 e. The van der Waals surface area contributed by atoms with Crippen LogP contribution in [0.3, 0.4) is 0 Å². The Labute approximate surface area is 114 Å². The van der Waals surface area contributed by atoms with Gasteiger partial charge in [0.25, 0.3) is 0 Å². The second kappa shape index (κ2) is 5.60. The molecule has 1 atom stereocenters.